The highest BCUT2D eigenvalue weighted by Crippen LogP contribution is 2.06. The maximum Gasteiger partial charge on any atom is 0.0730 e. The summed E-state index contributed by atoms with van der Waals surface area (Å²) in [5.74, 6) is 0. The van der Waals surface area contributed by atoms with Crippen molar-refractivity contribution in [1.82, 2.24) is 10.3 Å². The lowest BCUT2D eigenvalue weighted by molar-refractivity contribution is 0.133. The first-order valence-corrected chi connectivity index (χ1v) is 6.61. The Morgan fingerprint density at radius 3 is 2.53 bits per heavy atom. The first-order chi connectivity index (χ1) is 9.25. The van der Waals surface area contributed by atoms with Gasteiger partial charge in [-0.3, -0.25) is 4.98 Å². The molecule has 0 aliphatic heterocycles. The van der Waals surface area contributed by atoms with Gasteiger partial charge in [0.2, 0.25) is 0 Å². The lowest BCUT2D eigenvalue weighted by Gasteiger charge is -2.20. The Morgan fingerprint density at radius 2 is 1.84 bits per heavy atom. The van der Waals surface area contributed by atoms with Crippen molar-refractivity contribution in [3.05, 3.63) is 66.0 Å². The molecule has 19 heavy (non-hydrogen) atoms. The van der Waals surface area contributed by atoms with Crippen LogP contribution in [-0.2, 0) is 13.0 Å². The van der Waals surface area contributed by atoms with Crippen LogP contribution in [0.3, 0.4) is 0 Å². The topological polar surface area (TPSA) is 45.2 Å². The minimum absolute atomic E-state index is 0.0298. The standard InChI is InChI=1S/C16H20N2O/c1-13(18-12-15-9-5-6-10-17-15)16(19)11-14-7-3-2-4-8-14/h2-10,13,16,18-19H,11-12H2,1H3/t13-,16+/m1/s1. The zero-order chi connectivity index (χ0) is 13.5. The second-order valence-electron chi connectivity index (χ2n) is 4.75. The fraction of sp³-hybridized carbons (Fsp3) is 0.312. The van der Waals surface area contributed by atoms with Crippen molar-refractivity contribution in [2.45, 2.75) is 32.0 Å². The minimum atomic E-state index is -0.397. The molecule has 0 aliphatic carbocycles. The first-order valence-electron chi connectivity index (χ1n) is 6.61. The zero-order valence-electron chi connectivity index (χ0n) is 11.2. The summed E-state index contributed by atoms with van der Waals surface area (Å²) < 4.78 is 0. The third kappa shape index (κ3) is 4.47. The summed E-state index contributed by atoms with van der Waals surface area (Å²) in [5, 5.41) is 13.5. The lowest BCUT2D eigenvalue weighted by atomic mass is 10.0. The van der Waals surface area contributed by atoms with E-state index in [0.717, 1.165) is 11.3 Å². The van der Waals surface area contributed by atoms with E-state index in [-0.39, 0.29) is 6.04 Å². The van der Waals surface area contributed by atoms with Crippen LogP contribution in [0.15, 0.2) is 54.7 Å². The van der Waals surface area contributed by atoms with Gasteiger partial charge in [-0.25, -0.2) is 0 Å². The number of nitrogens with zero attached hydrogens (tertiary/aromatic N) is 1. The summed E-state index contributed by atoms with van der Waals surface area (Å²) in [6.45, 7) is 2.67. The summed E-state index contributed by atoms with van der Waals surface area (Å²) >= 11 is 0. The first kappa shape index (κ1) is 13.7. The van der Waals surface area contributed by atoms with Gasteiger partial charge in [-0.1, -0.05) is 36.4 Å². The molecule has 0 fully saturated rings. The van der Waals surface area contributed by atoms with Crippen LogP contribution < -0.4 is 5.32 Å². The van der Waals surface area contributed by atoms with E-state index in [0.29, 0.717) is 13.0 Å². The zero-order valence-corrected chi connectivity index (χ0v) is 11.2. The van der Waals surface area contributed by atoms with Crippen molar-refractivity contribution in [2.75, 3.05) is 0 Å². The molecule has 2 atom stereocenters. The fourth-order valence-electron chi connectivity index (χ4n) is 1.94. The maximum absolute atomic E-state index is 10.2. The van der Waals surface area contributed by atoms with Gasteiger partial charge in [-0.05, 0) is 31.0 Å². The van der Waals surface area contributed by atoms with Gasteiger partial charge < -0.3 is 10.4 Å². The van der Waals surface area contributed by atoms with E-state index >= 15 is 0 Å². The van der Waals surface area contributed by atoms with Gasteiger partial charge in [0.25, 0.3) is 0 Å². The molecule has 1 aromatic heterocycles. The van der Waals surface area contributed by atoms with Crippen LogP contribution in [0.2, 0.25) is 0 Å². The number of hydrogen-bond donors (Lipinski definition) is 2. The molecule has 1 aromatic carbocycles. The van der Waals surface area contributed by atoms with Crippen molar-refractivity contribution in [2.24, 2.45) is 0 Å². The van der Waals surface area contributed by atoms with Crippen molar-refractivity contribution < 1.29 is 5.11 Å². The van der Waals surface area contributed by atoms with Crippen LogP contribution >= 0.6 is 0 Å². The largest absolute Gasteiger partial charge is 0.391 e. The molecule has 0 radical (unpaired) electrons. The molecular formula is C16H20N2O. The van der Waals surface area contributed by atoms with Crippen LogP contribution in [0.25, 0.3) is 0 Å². The third-order valence-electron chi connectivity index (χ3n) is 3.20. The molecule has 0 bridgehead atoms. The van der Waals surface area contributed by atoms with Crippen molar-refractivity contribution in [1.29, 1.82) is 0 Å². The average Bonchev–Trinajstić information content (AvgIpc) is 2.47. The minimum Gasteiger partial charge on any atom is -0.391 e. The van der Waals surface area contributed by atoms with Gasteiger partial charge in [0.05, 0.1) is 11.8 Å². The van der Waals surface area contributed by atoms with Crippen molar-refractivity contribution in [3.63, 3.8) is 0 Å². The monoisotopic (exact) mass is 256 g/mol. The molecule has 2 rings (SSSR count). The van der Waals surface area contributed by atoms with Gasteiger partial charge in [-0.15, -0.1) is 0 Å². The van der Waals surface area contributed by atoms with Gasteiger partial charge >= 0.3 is 0 Å². The molecular weight excluding hydrogens is 236 g/mol. The Morgan fingerprint density at radius 1 is 1.11 bits per heavy atom. The summed E-state index contributed by atoms with van der Waals surface area (Å²) in [6, 6.07) is 15.9. The number of benzene rings is 1. The van der Waals surface area contributed by atoms with Crippen LogP contribution in [0, 0.1) is 0 Å². The van der Waals surface area contributed by atoms with Crippen LogP contribution in [-0.4, -0.2) is 22.2 Å². The smallest absolute Gasteiger partial charge is 0.0730 e. The second-order valence-corrected chi connectivity index (χ2v) is 4.75. The highest BCUT2D eigenvalue weighted by molar-refractivity contribution is 5.15. The molecule has 3 nitrogen and oxygen atoms in total. The SMILES string of the molecule is C[C@@H](NCc1ccccn1)[C@@H](O)Cc1ccccc1. The van der Waals surface area contributed by atoms with Crippen LogP contribution in [0.1, 0.15) is 18.2 Å². The van der Waals surface area contributed by atoms with E-state index in [1.54, 1.807) is 6.20 Å². The van der Waals surface area contributed by atoms with Crippen molar-refractivity contribution in [3.8, 4) is 0 Å². The Bertz CT molecular complexity index is 473. The quantitative estimate of drug-likeness (QED) is 0.832. The van der Waals surface area contributed by atoms with E-state index in [4.69, 9.17) is 0 Å². The highest BCUT2D eigenvalue weighted by atomic mass is 16.3. The molecule has 0 aliphatic rings. The number of pyridine rings is 1. The second kappa shape index (κ2) is 7.02. The highest BCUT2D eigenvalue weighted by Gasteiger charge is 2.14. The molecule has 0 saturated heterocycles. The number of aromatic nitrogens is 1. The summed E-state index contributed by atoms with van der Waals surface area (Å²) in [6.07, 6.45) is 2.05. The molecule has 2 aromatic rings. The molecule has 0 amide bonds. The maximum atomic E-state index is 10.2. The van der Waals surface area contributed by atoms with Gasteiger partial charge in [0.1, 0.15) is 0 Å². The Labute approximate surface area is 114 Å². The van der Waals surface area contributed by atoms with E-state index in [1.165, 1.54) is 0 Å². The molecule has 2 N–H and O–H groups in total. The average molecular weight is 256 g/mol. The van der Waals surface area contributed by atoms with Gasteiger partial charge in [0, 0.05) is 18.8 Å². The number of nitrogens with one attached hydrogen (secondary N) is 1. The molecule has 0 spiro atoms. The Balaban J connectivity index is 1.81. The number of rotatable bonds is 6. The Hall–Kier alpha value is -1.71. The van der Waals surface area contributed by atoms with E-state index in [1.807, 2.05) is 55.5 Å². The predicted molar refractivity (Wildman–Crippen MR) is 76.7 cm³/mol. The molecule has 1 heterocycles. The number of hydrogen-bond acceptors (Lipinski definition) is 3. The van der Waals surface area contributed by atoms with Crippen LogP contribution in [0.4, 0.5) is 0 Å². The van der Waals surface area contributed by atoms with Gasteiger partial charge in [-0.2, -0.15) is 0 Å². The Kier molecular flexibility index (Phi) is 5.07. The van der Waals surface area contributed by atoms with Crippen molar-refractivity contribution >= 4 is 0 Å². The number of aliphatic hydroxyl groups is 1. The molecule has 100 valence electrons. The van der Waals surface area contributed by atoms with E-state index in [9.17, 15) is 5.11 Å². The normalized spacial score (nSPS) is 14.0. The summed E-state index contributed by atoms with van der Waals surface area (Å²) in [5.41, 5.74) is 2.14. The lowest BCUT2D eigenvalue weighted by Crippen LogP contribution is -2.38. The number of aliphatic hydroxyl groups excluding tert-OH is 1. The van der Waals surface area contributed by atoms with Crippen LogP contribution in [0.5, 0.6) is 0 Å². The van der Waals surface area contributed by atoms with E-state index < -0.39 is 6.10 Å². The molecule has 3 heteroatoms. The fourth-order valence-corrected chi connectivity index (χ4v) is 1.94. The molecule has 0 unspecified atom stereocenters. The van der Waals surface area contributed by atoms with Gasteiger partial charge in [0.15, 0.2) is 0 Å². The van der Waals surface area contributed by atoms with E-state index in [2.05, 4.69) is 10.3 Å². The third-order valence-corrected chi connectivity index (χ3v) is 3.20. The predicted octanol–water partition coefficient (Wildman–Crippen LogP) is 2.16. The molecule has 0 saturated carbocycles. The summed E-state index contributed by atoms with van der Waals surface area (Å²) in [4.78, 5) is 4.25. The summed E-state index contributed by atoms with van der Waals surface area (Å²) in [7, 11) is 0.